The third-order valence-electron chi connectivity index (χ3n) is 3.98. The van der Waals surface area contributed by atoms with Crippen molar-refractivity contribution in [3.8, 4) is 0 Å². The lowest BCUT2D eigenvalue weighted by Gasteiger charge is -2.21. The van der Waals surface area contributed by atoms with Crippen LogP contribution in [-0.2, 0) is 6.42 Å². The van der Waals surface area contributed by atoms with Crippen molar-refractivity contribution in [1.82, 2.24) is 5.32 Å². The highest BCUT2D eigenvalue weighted by Gasteiger charge is 2.29. The Kier molecular flexibility index (Phi) is 3.13. The van der Waals surface area contributed by atoms with E-state index in [0.717, 1.165) is 35.4 Å². The number of carbonyl (C=O) groups excluding carboxylic acids is 1. The van der Waals surface area contributed by atoms with Gasteiger partial charge in [0.15, 0.2) is 0 Å². The lowest BCUT2D eigenvalue weighted by atomic mass is 9.85. The minimum Gasteiger partial charge on any atom is -0.390 e. The lowest BCUT2D eigenvalue weighted by molar-refractivity contribution is 0.0952. The average molecular weight is 276 g/mol. The van der Waals surface area contributed by atoms with Crippen molar-refractivity contribution in [1.29, 1.82) is 0 Å². The normalized spacial score (nSPS) is 22.2. The van der Waals surface area contributed by atoms with Crippen molar-refractivity contribution in [2.45, 2.75) is 32.6 Å². The smallest absolute Gasteiger partial charge is 0.254 e. The van der Waals surface area contributed by atoms with Gasteiger partial charge in [-0.15, -0.1) is 11.3 Å². The van der Waals surface area contributed by atoms with E-state index in [2.05, 4.69) is 18.8 Å². The number of hydrogen-bond donors (Lipinski definition) is 2. The third kappa shape index (κ3) is 2.41. The van der Waals surface area contributed by atoms with Crippen LogP contribution in [0.2, 0.25) is 0 Å². The molecule has 0 aromatic carbocycles. The summed E-state index contributed by atoms with van der Waals surface area (Å²) >= 11 is 1.52. The van der Waals surface area contributed by atoms with Gasteiger partial charge in [-0.3, -0.25) is 4.79 Å². The number of rotatable bonds is 3. The molecule has 1 unspecified atom stereocenters. The Balaban J connectivity index is 1.87. The molecule has 1 aromatic heterocycles. The largest absolute Gasteiger partial charge is 0.390 e. The summed E-state index contributed by atoms with van der Waals surface area (Å²) in [5, 5.41) is 3.67. The number of nitrogen functional groups attached to an aromatic ring is 1. The number of hydrogen-bond acceptors (Lipinski definition) is 3. The summed E-state index contributed by atoms with van der Waals surface area (Å²) in [5.74, 6) is 1.24. The Hall–Kier alpha value is -1.29. The minimum atomic E-state index is 0.00352. The molecule has 0 aliphatic heterocycles. The molecule has 3 N–H and O–H groups in total. The van der Waals surface area contributed by atoms with Crippen LogP contribution >= 0.6 is 11.3 Å². The lowest BCUT2D eigenvalue weighted by Crippen LogP contribution is -2.27. The van der Waals surface area contributed by atoms with E-state index in [1.54, 1.807) is 0 Å². The molecule has 1 amide bonds. The summed E-state index contributed by atoms with van der Waals surface area (Å²) in [7, 11) is 0. The van der Waals surface area contributed by atoms with Crippen LogP contribution in [0.1, 0.15) is 47.0 Å². The third-order valence-corrected chi connectivity index (χ3v) is 5.14. The van der Waals surface area contributed by atoms with Crippen LogP contribution in [0.25, 0.3) is 5.57 Å². The molecular weight excluding hydrogens is 256 g/mol. The van der Waals surface area contributed by atoms with Crippen molar-refractivity contribution < 1.29 is 4.79 Å². The number of amides is 1. The van der Waals surface area contributed by atoms with Gasteiger partial charge in [0.25, 0.3) is 5.91 Å². The summed E-state index contributed by atoms with van der Waals surface area (Å²) in [6.07, 6.45) is 4.43. The van der Waals surface area contributed by atoms with Crippen LogP contribution in [0, 0.1) is 11.8 Å². The van der Waals surface area contributed by atoms with Crippen LogP contribution in [-0.4, -0.2) is 12.5 Å². The van der Waals surface area contributed by atoms with Crippen molar-refractivity contribution in [2.75, 3.05) is 12.3 Å². The first-order valence-electron chi connectivity index (χ1n) is 6.93. The van der Waals surface area contributed by atoms with Gasteiger partial charge in [-0.25, -0.2) is 0 Å². The monoisotopic (exact) mass is 276 g/mol. The molecule has 1 saturated carbocycles. The highest BCUT2D eigenvalue weighted by Crippen LogP contribution is 2.42. The number of carbonyl (C=O) groups is 1. The second kappa shape index (κ2) is 4.67. The molecule has 0 bridgehead atoms. The molecule has 0 saturated heterocycles. The zero-order chi connectivity index (χ0) is 13.6. The maximum absolute atomic E-state index is 12.3. The highest BCUT2D eigenvalue weighted by atomic mass is 32.1. The first kappa shape index (κ1) is 12.7. The predicted molar refractivity (Wildman–Crippen MR) is 80.3 cm³/mol. The van der Waals surface area contributed by atoms with Crippen molar-refractivity contribution in [3.63, 3.8) is 0 Å². The van der Waals surface area contributed by atoms with E-state index in [9.17, 15) is 4.79 Å². The van der Waals surface area contributed by atoms with E-state index in [0.29, 0.717) is 22.4 Å². The van der Waals surface area contributed by atoms with Crippen LogP contribution < -0.4 is 11.1 Å². The summed E-state index contributed by atoms with van der Waals surface area (Å²) in [4.78, 5) is 13.5. The van der Waals surface area contributed by atoms with Gasteiger partial charge in [0.2, 0.25) is 0 Å². The minimum absolute atomic E-state index is 0.00352. The zero-order valence-electron chi connectivity index (χ0n) is 11.3. The molecule has 0 radical (unpaired) electrons. The number of allylic oxidation sites excluding steroid dienone is 1. The Morgan fingerprint density at radius 3 is 2.89 bits per heavy atom. The van der Waals surface area contributed by atoms with E-state index < -0.39 is 0 Å². The van der Waals surface area contributed by atoms with E-state index in [1.165, 1.54) is 24.2 Å². The molecule has 1 aromatic rings. The quantitative estimate of drug-likeness (QED) is 0.891. The Morgan fingerprint density at radius 1 is 1.47 bits per heavy atom. The zero-order valence-corrected chi connectivity index (χ0v) is 12.1. The Bertz CT molecular complexity index is 543. The molecule has 4 heteroatoms. The predicted octanol–water partition coefficient (Wildman–Crippen LogP) is 3.07. The molecular formula is C15H20N2OS. The van der Waals surface area contributed by atoms with Gasteiger partial charge in [-0.2, -0.15) is 0 Å². The molecule has 2 aliphatic rings. The van der Waals surface area contributed by atoms with Crippen molar-refractivity contribution in [2.24, 2.45) is 11.8 Å². The average Bonchev–Trinajstić information content (AvgIpc) is 3.10. The van der Waals surface area contributed by atoms with Gasteiger partial charge >= 0.3 is 0 Å². The summed E-state index contributed by atoms with van der Waals surface area (Å²) < 4.78 is 0. The summed E-state index contributed by atoms with van der Waals surface area (Å²) in [6, 6.07) is 0. The van der Waals surface area contributed by atoms with Gasteiger partial charge < -0.3 is 11.1 Å². The molecule has 19 heavy (non-hydrogen) atoms. The fraction of sp³-hybridized carbons (Fsp3) is 0.533. The van der Waals surface area contributed by atoms with Gasteiger partial charge in [-0.1, -0.05) is 13.5 Å². The summed E-state index contributed by atoms with van der Waals surface area (Å²) in [6.45, 7) is 7.12. The molecule has 1 fully saturated rings. The van der Waals surface area contributed by atoms with Crippen LogP contribution in [0.4, 0.5) is 5.00 Å². The number of thiophene rings is 1. The first-order chi connectivity index (χ1) is 9.06. The number of fused-ring (bicyclic) bond motifs is 1. The fourth-order valence-electron chi connectivity index (χ4n) is 2.80. The topological polar surface area (TPSA) is 55.1 Å². The van der Waals surface area contributed by atoms with Crippen molar-refractivity contribution in [3.05, 3.63) is 22.6 Å². The van der Waals surface area contributed by atoms with Crippen LogP contribution in [0.3, 0.4) is 0 Å². The molecule has 1 heterocycles. The molecule has 102 valence electrons. The number of nitrogens with one attached hydrogen (secondary N) is 1. The van der Waals surface area contributed by atoms with E-state index in [4.69, 9.17) is 5.73 Å². The van der Waals surface area contributed by atoms with Crippen LogP contribution in [0.15, 0.2) is 6.58 Å². The van der Waals surface area contributed by atoms with Gasteiger partial charge in [0, 0.05) is 11.4 Å². The fourth-order valence-corrected chi connectivity index (χ4v) is 3.87. The van der Waals surface area contributed by atoms with Crippen molar-refractivity contribution >= 4 is 27.8 Å². The molecule has 2 aliphatic carbocycles. The molecule has 3 nitrogen and oxygen atoms in total. The molecule has 3 rings (SSSR count). The molecule has 1 atom stereocenters. The first-order valence-corrected chi connectivity index (χ1v) is 7.75. The second-order valence-electron chi connectivity index (χ2n) is 5.92. The standard InChI is InChI=1S/C15H20N2OS/c1-8-5-9(2)13-11(6-8)12(14(16)19-13)15(18)17-7-10-3-4-10/h8,10H,2-7,16H2,1H3,(H,17,18). The van der Waals surface area contributed by atoms with Gasteiger partial charge in [0.1, 0.15) is 0 Å². The second-order valence-corrected chi connectivity index (χ2v) is 6.97. The summed E-state index contributed by atoms with van der Waals surface area (Å²) in [5.41, 5.74) is 9.04. The SMILES string of the molecule is C=C1CC(C)Cc2c1sc(N)c2C(=O)NCC1CC1. The van der Waals surface area contributed by atoms with E-state index >= 15 is 0 Å². The van der Waals surface area contributed by atoms with E-state index in [1.807, 2.05) is 0 Å². The van der Waals surface area contributed by atoms with E-state index in [-0.39, 0.29) is 5.91 Å². The van der Waals surface area contributed by atoms with Crippen LogP contribution in [0.5, 0.6) is 0 Å². The maximum Gasteiger partial charge on any atom is 0.254 e. The maximum atomic E-state index is 12.3. The highest BCUT2D eigenvalue weighted by molar-refractivity contribution is 7.17. The Morgan fingerprint density at radius 2 is 2.21 bits per heavy atom. The number of anilines is 1. The van der Waals surface area contributed by atoms with Gasteiger partial charge in [0.05, 0.1) is 10.6 Å². The Labute approximate surface area is 117 Å². The molecule has 0 spiro atoms. The number of nitrogens with two attached hydrogens (primary N) is 1. The van der Waals surface area contributed by atoms with Gasteiger partial charge in [-0.05, 0) is 48.7 Å².